The predicted molar refractivity (Wildman–Crippen MR) is 104 cm³/mol. The third-order valence-electron chi connectivity index (χ3n) is 4.70. The second-order valence-electron chi connectivity index (χ2n) is 6.31. The molecule has 1 saturated heterocycles. The number of fused-ring (bicyclic) bond motifs is 1. The van der Waals surface area contributed by atoms with Crippen LogP contribution in [0.25, 0.3) is 9.65 Å². The maximum atomic E-state index is 12.8. The average molecular weight is 456 g/mol. The van der Waals surface area contributed by atoms with E-state index in [4.69, 9.17) is 11.6 Å². The Bertz CT molecular complexity index is 1110. The molecular weight excluding hydrogens is 439 g/mol. The molecule has 0 unspecified atom stereocenters. The van der Waals surface area contributed by atoms with Crippen LogP contribution in [0.2, 0.25) is 5.02 Å². The molecule has 1 fully saturated rings. The van der Waals surface area contributed by atoms with Crippen LogP contribution < -0.4 is 5.56 Å². The molecule has 2 heterocycles. The van der Waals surface area contributed by atoms with E-state index in [0.29, 0.717) is 31.0 Å². The topological polar surface area (TPSA) is 59.4 Å². The second-order valence-corrected chi connectivity index (χ2v) is 10.8. The van der Waals surface area contributed by atoms with Crippen molar-refractivity contribution in [1.29, 1.82) is 0 Å². The molecule has 3 aromatic rings. The van der Waals surface area contributed by atoms with E-state index < -0.39 is 10.0 Å². The van der Waals surface area contributed by atoms with Gasteiger partial charge in [-0.15, -0.1) is 0 Å². The molecule has 1 aliphatic rings. The van der Waals surface area contributed by atoms with Crippen molar-refractivity contribution in [2.24, 2.45) is 0 Å². The van der Waals surface area contributed by atoms with E-state index >= 15 is 0 Å². The molecule has 0 radical (unpaired) electrons. The normalized spacial score (nSPS) is 17.0. The van der Waals surface area contributed by atoms with Gasteiger partial charge in [0.1, 0.15) is 0 Å². The summed E-state index contributed by atoms with van der Waals surface area (Å²) >= 11 is 5.91. The Hall–Kier alpha value is -1.37. The summed E-state index contributed by atoms with van der Waals surface area (Å²) in [5.41, 5.74) is 0.0803. The van der Waals surface area contributed by atoms with Gasteiger partial charge >= 0.3 is 163 Å². The zero-order valence-corrected chi connectivity index (χ0v) is 17.1. The van der Waals surface area contributed by atoms with Gasteiger partial charge in [0.2, 0.25) is 0 Å². The zero-order chi connectivity index (χ0) is 18.3. The van der Waals surface area contributed by atoms with E-state index in [1.807, 2.05) is 27.8 Å². The Balaban J connectivity index is 1.55. The number of sulfonamides is 1. The van der Waals surface area contributed by atoms with Crippen LogP contribution in [0.15, 0.2) is 58.2 Å². The van der Waals surface area contributed by atoms with E-state index in [-0.39, 0.29) is 31.2 Å². The Morgan fingerprint density at radius 2 is 1.77 bits per heavy atom. The summed E-state index contributed by atoms with van der Waals surface area (Å²) in [5, 5.41) is 1.20. The number of halogens is 1. The fraction of sp³-hybridized carbons (Fsp3) is 0.278. The molecule has 0 bridgehead atoms. The van der Waals surface area contributed by atoms with Crippen LogP contribution in [0.1, 0.15) is 18.9 Å². The van der Waals surface area contributed by atoms with Gasteiger partial charge in [0.05, 0.1) is 0 Å². The van der Waals surface area contributed by atoms with Crippen LogP contribution >= 0.6 is 11.6 Å². The summed E-state index contributed by atoms with van der Waals surface area (Å²) in [6.45, 7) is 0.825. The van der Waals surface area contributed by atoms with Crippen molar-refractivity contribution < 1.29 is 8.42 Å². The van der Waals surface area contributed by atoms with Gasteiger partial charge in [-0.3, -0.25) is 0 Å². The minimum absolute atomic E-state index is 0.0215. The zero-order valence-electron chi connectivity index (χ0n) is 13.8. The van der Waals surface area contributed by atoms with Crippen LogP contribution in [0.5, 0.6) is 0 Å². The monoisotopic (exact) mass is 456 g/mol. The molecule has 0 spiro atoms. The molecule has 1 aromatic heterocycles. The van der Waals surface area contributed by atoms with Crippen LogP contribution in [0, 0.1) is 0 Å². The van der Waals surface area contributed by atoms with Gasteiger partial charge in [-0.2, -0.15) is 0 Å². The summed E-state index contributed by atoms with van der Waals surface area (Å²) in [4.78, 5) is 12.8. The maximum absolute atomic E-state index is 12.8. The molecule has 8 heteroatoms. The summed E-state index contributed by atoms with van der Waals surface area (Å²) in [7, 11) is -3.55. The van der Waals surface area contributed by atoms with Crippen molar-refractivity contribution in [2.45, 2.75) is 23.8 Å². The Labute approximate surface area is 162 Å². The number of hydrogen-bond donors (Lipinski definition) is 0. The molecule has 0 N–H and O–H groups in total. The predicted octanol–water partition coefficient (Wildman–Crippen LogP) is 2.74. The summed E-state index contributed by atoms with van der Waals surface area (Å²) in [6.07, 6.45) is 1.31. The van der Waals surface area contributed by atoms with Crippen LogP contribution in [0.4, 0.5) is 0 Å². The van der Waals surface area contributed by atoms with Gasteiger partial charge in [-0.25, -0.2) is 0 Å². The van der Waals surface area contributed by atoms with E-state index in [0.717, 1.165) is 9.65 Å². The molecule has 2 aromatic carbocycles. The first-order valence-corrected chi connectivity index (χ1v) is 11.8. The molecule has 4 rings (SSSR count). The van der Waals surface area contributed by atoms with E-state index in [1.165, 1.54) is 10.4 Å². The third-order valence-corrected chi connectivity index (χ3v) is 9.38. The molecule has 1 aliphatic heterocycles. The number of piperidine rings is 1. The number of nitrogens with zero attached hydrogens (tertiary/aromatic N) is 2. The van der Waals surface area contributed by atoms with Gasteiger partial charge in [-0.1, -0.05) is 0 Å². The van der Waals surface area contributed by atoms with Crippen molar-refractivity contribution in [3.8, 4) is 0 Å². The molecule has 5 nitrogen and oxygen atoms in total. The van der Waals surface area contributed by atoms with Crippen LogP contribution in [-0.2, 0) is 10.0 Å². The van der Waals surface area contributed by atoms with E-state index in [2.05, 4.69) is 0 Å². The van der Waals surface area contributed by atoms with Crippen molar-refractivity contribution in [1.82, 2.24) is 7.87 Å². The molecule has 136 valence electrons. The standard InChI is InChI=1S/C18H17ClN2O3SSe/c19-13-4-3-5-15(12-13)25(23,24)20-10-8-14(9-11-20)21-18(22)16-6-1-2-7-17(16)26-21/h1-7,12,14H,8-11H2. The first-order valence-electron chi connectivity index (χ1n) is 8.33. The molecule has 0 amide bonds. The SMILES string of the molecule is O=c1c2ccccc2[se]n1C1CCN(S(=O)(=O)c2cccc(Cl)c2)CC1. The van der Waals surface area contributed by atoms with Gasteiger partial charge in [-0.05, 0) is 0 Å². The summed E-state index contributed by atoms with van der Waals surface area (Å²) in [5.74, 6) is 0. The first-order chi connectivity index (χ1) is 12.5. The van der Waals surface area contributed by atoms with Crippen molar-refractivity contribution in [3.05, 3.63) is 63.9 Å². The third kappa shape index (κ3) is 3.19. The Morgan fingerprint density at radius 3 is 2.46 bits per heavy atom. The molecule has 0 atom stereocenters. The Morgan fingerprint density at radius 1 is 1.04 bits per heavy atom. The fourth-order valence-electron chi connectivity index (χ4n) is 3.32. The Kier molecular flexibility index (Phi) is 4.84. The average Bonchev–Trinajstić information content (AvgIpc) is 2.99. The van der Waals surface area contributed by atoms with Crippen molar-refractivity contribution in [3.63, 3.8) is 0 Å². The second kappa shape index (κ2) is 6.98. The van der Waals surface area contributed by atoms with E-state index in [9.17, 15) is 13.2 Å². The molecule has 0 saturated carbocycles. The van der Waals surface area contributed by atoms with Crippen molar-refractivity contribution >= 4 is 46.0 Å². The van der Waals surface area contributed by atoms with Gasteiger partial charge in [0.15, 0.2) is 0 Å². The van der Waals surface area contributed by atoms with Crippen LogP contribution in [-0.4, -0.2) is 44.1 Å². The minimum atomic E-state index is -3.55. The van der Waals surface area contributed by atoms with Crippen LogP contribution in [0.3, 0.4) is 0 Å². The fourth-order valence-corrected chi connectivity index (χ4v) is 7.50. The quantitative estimate of drug-likeness (QED) is 0.571. The number of rotatable bonds is 3. The molecular formula is C18H17ClN2O3SSe. The summed E-state index contributed by atoms with van der Waals surface area (Å²) < 4.78 is 30.2. The first kappa shape index (κ1) is 18.0. The van der Waals surface area contributed by atoms with Gasteiger partial charge < -0.3 is 0 Å². The van der Waals surface area contributed by atoms with Gasteiger partial charge in [0, 0.05) is 0 Å². The number of hydrogen-bond acceptors (Lipinski definition) is 3. The summed E-state index contributed by atoms with van der Waals surface area (Å²) in [6, 6.07) is 14.2. The number of aromatic nitrogens is 1. The number of benzene rings is 2. The van der Waals surface area contributed by atoms with Crippen molar-refractivity contribution in [2.75, 3.05) is 13.1 Å². The van der Waals surface area contributed by atoms with Gasteiger partial charge in [0.25, 0.3) is 0 Å². The van der Waals surface area contributed by atoms with E-state index in [1.54, 1.807) is 18.2 Å². The molecule has 26 heavy (non-hydrogen) atoms. The molecule has 0 aliphatic carbocycles.